The Labute approximate surface area is 382 Å². The molecule has 0 aliphatic rings. The number of ether oxygens (including phenoxy) is 2. The number of hydrogen-bond donors (Lipinski definition) is 0. The van der Waals surface area contributed by atoms with Crippen LogP contribution >= 0.6 is 0 Å². The minimum atomic E-state index is 0.541. The van der Waals surface area contributed by atoms with Crippen LogP contribution in [0.4, 0.5) is 0 Å². The summed E-state index contributed by atoms with van der Waals surface area (Å²) in [4.78, 5) is 19.3. The van der Waals surface area contributed by atoms with Crippen molar-refractivity contribution >= 4 is 87.0 Å². The van der Waals surface area contributed by atoms with Crippen molar-refractivity contribution in [1.82, 2.24) is 33.6 Å². The molecule has 0 unspecified atom stereocenters. The average Bonchev–Trinajstić information content (AvgIpc) is 4.00. The molecule has 0 radical (unpaired) electrons. The van der Waals surface area contributed by atoms with E-state index in [9.17, 15) is 0 Å². The van der Waals surface area contributed by atoms with Gasteiger partial charge in [-0.15, -0.1) is 0 Å². The lowest BCUT2D eigenvalue weighted by molar-refractivity contribution is 0.484. The molecule has 0 N–H and O–H groups in total. The Bertz CT molecular complexity index is 4040. The third-order valence-electron chi connectivity index (χ3n) is 13.0. The lowest BCUT2D eigenvalue weighted by atomic mass is 10.1. The van der Waals surface area contributed by atoms with Crippen LogP contribution < -0.4 is 9.47 Å². The fourth-order valence-corrected chi connectivity index (χ4v) is 10.0. The van der Waals surface area contributed by atoms with Crippen LogP contribution in [0.1, 0.15) is 0 Å². The number of benzene rings is 8. The van der Waals surface area contributed by atoms with Crippen LogP contribution in [0.3, 0.4) is 0 Å². The second-order valence-electron chi connectivity index (χ2n) is 16.7. The van der Waals surface area contributed by atoms with Gasteiger partial charge in [-0.2, -0.15) is 0 Å². The van der Waals surface area contributed by atoms with Gasteiger partial charge in [-0.05, 0) is 89.6 Å². The summed E-state index contributed by atoms with van der Waals surface area (Å²) in [5, 5.41) is 11.0. The van der Waals surface area contributed by atoms with E-state index in [1.54, 1.807) is 12.4 Å². The van der Waals surface area contributed by atoms with Gasteiger partial charge in [0, 0.05) is 92.1 Å². The fraction of sp³-hybridized carbons (Fsp3) is 0. The second kappa shape index (κ2) is 14.6. The highest BCUT2D eigenvalue weighted by Gasteiger charge is 2.20. The highest BCUT2D eigenvalue weighted by molar-refractivity contribution is 6.13. The van der Waals surface area contributed by atoms with Crippen molar-refractivity contribution in [3.63, 3.8) is 0 Å². The number of hydrogen-bond acceptors (Lipinski definition) is 6. The molecule has 9 nitrogen and oxygen atoms in total. The first-order chi connectivity index (χ1) is 33.2. The molecule has 0 saturated heterocycles. The Kier molecular flexibility index (Phi) is 8.08. The molecule has 6 heterocycles. The van der Waals surface area contributed by atoms with Crippen molar-refractivity contribution < 1.29 is 9.47 Å². The van der Waals surface area contributed by atoms with Crippen LogP contribution in [0, 0.1) is 0 Å². The molecule has 0 aliphatic heterocycles. The summed E-state index contributed by atoms with van der Waals surface area (Å²) in [6.07, 6.45) is 7.28. The smallest absolute Gasteiger partial charge is 0.234 e. The van der Waals surface area contributed by atoms with Crippen LogP contribution in [0.2, 0.25) is 0 Å². The standard InChI is InChI=1S/C58H35N7O2/c1-3-12-42-36(10-1)26-30-59-56(42)63-50-16-7-5-14-44(50)46-22-18-38(32-52(46)63)66-40-20-24-48-49-25-21-41(35-55(49)65(54(48)34-40)58-61-28-9-29-62-58)67-39-19-23-47-45-15-6-8-17-51(45)64(53(47)33-39)57-43-13-4-2-11-37(43)27-31-60-57/h1-35H. The second-order valence-corrected chi connectivity index (χ2v) is 16.7. The monoisotopic (exact) mass is 861 g/mol. The summed E-state index contributed by atoms with van der Waals surface area (Å²) in [6.45, 7) is 0. The molecular weight excluding hydrogens is 827 g/mol. The third-order valence-corrected chi connectivity index (χ3v) is 13.0. The van der Waals surface area contributed by atoms with E-state index in [-0.39, 0.29) is 0 Å². The van der Waals surface area contributed by atoms with E-state index in [0.717, 1.165) is 98.6 Å². The van der Waals surface area contributed by atoms with Gasteiger partial charge >= 0.3 is 0 Å². The van der Waals surface area contributed by atoms with Gasteiger partial charge < -0.3 is 9.47 Å². The van der Waals surface area contributed by atoms with Gasteiger partial charge in [-0.3, -0.25) is 13.7 Å². The first kappa shape index (κ1) is 37.1. The highest BCUT2D eigenvalue weighted by Crippen LogP contribution is 2.41. The van der Waals surface area contributed by atoms with Crippen LogP contribution in [0.25, 0.3) is 105 Å². The number of fused-ring (bicyclic) bond motifs is 11. The van der Waals surface area contributed by atoms with Gasteiger partial charge in [0.2, 0.25) is 5.95 Å². The normalized spacial score (nSPS) is 11.9. The number of rotatable bonds is 7. The zero-order valence-corrected chi connectivity index (χ0v) is 35.7. The highest BCUT2D eigenvalue weighted by atomic mass is 16.5. The maximum absolute atomic E-state index is 6.76. The van der Waals surface area contributed by atoms with Crippen LogP contribution in [0.5, 0.6) is 23.0 Å². The van der Waals surface area contributed by atoms with Gasteiger partial charge in [0.25, 0.3) is 0 Å². The van der Waals surface area contributed by atoms with Crippen molar-refractivity contribution in [2.24, 2.45) is 0 Å². The summed E-state index contributed by atoms with van der Waals surface area (Å²) in [5.41, 5.74) is 5.98. The molecule has 0 spiro atoms. The molecule has 14 aromatic rings. The molecule has 6 aromatic heterocycles. The first-order valence-corrected chi connectivity index (χ1v) is 22.2. The average molecular weight is 862 g/mol. The summed E-state index contributed by atoms with van der Waals surface area (Å²) >= 11 is 0. The van der Waals surface area contributed by atoms with Gasteiger partial charge in [0.15, 0.2) is 0 Å². The molecule has 0 saturated carbocycles. The molecule has 0 fully saturated rings. The third kappa shape index (κ3) is 5.81. The Morgan fingerprint density at radius 1 is 0.269 bits per heavy atom. The molecule has 314 valence electrons. The zero-order chi connectivity index (χ0) is 44.0. The van der Waals surface area contributed by atoms with Crippen molar-refractivity contribution in [2.75, 3.05) is 0 Å². The zero-order valence-electron chi connectivity index (χ0n) is 35.7. The fourth-order valence-electron chi connectivity index (χ4n) is 10.0. The molecule has 9 heteroatoms. The van der Waals surface area contributed by atoms with E-state index in [4.69, 9.17) is 29.4 Å². The molecule has 0 amide bonds. The first-order valence-electron chi connectivity index (χ1n) is 22.2. The molecular formula is C58H35N7O2. The molecule has 0 atom stereocenters. The topological polar surface area (TPSA) is 84.8 Å². The van der Waals surface area contributed by atoms with Gasteiger partial charge in [0.05, 0.1) is 33.1 Å². The Hall–Kier alpha value is -9.34. The van der Waals surface area contributed by atoms with E-state index in [1.165, 1.54) is 0 Å². The predicted octanol–water partition coefficient (Wildman–Crippen LogP) is 14.4. The van der Waals surface area contributed by atoms with Gasteiger partial charge in [-0.1, -0.05) is 84.9 Å². The number of aromatic nitrogens is 7. The van der Waals surface area contributed by atoms with Crippen molar-refractivity contribution in [1.29, 1.82) is 0 Å². The summed E-state index contributed by atoms with van der Waals surface area (Å²) < 4.78 is 20.1. The molecule has 67 heavy (non-hydrogen) atoms. The number of para-hydroxylation sites is 2. The van der Waals surface area contributed by atoms with Gasteiger partial charge in [-0.25, -0.2) is 19.9 Å². The minimum absolute atomic E-state index is 0.541. The van der Waals surface area contributed by atoms with Crippen LogP contribution in [-0.2, 0) is 0 Å². The minimum Gasteiger partial charge on any atom is -0.457 e. The van der Waals surface area contributed by atoms with Crippen molar-refractivity contribution in [3.05, 3.63) is 213 Å². The quantitative estimate of drug-likeness (QED) is 0.159. The van der Waals surface area contributed by atoms with Crippen LogP contribution in [-0.4, -0.2) is 33.6 Å². The van der Waals surface area contributed by atoms with E-state index >= 15 is 0 Å². The Balaban J connectivity index is 0.873. The summed E-state index contributed by atoms with van der Waals surface area (Å²) in [5.74, 6) is 5.06. The van der Waals surface area contributed by atoms with E-state index in [2.05, 4.69) is 171 Å². The van der Waals surface area contributed by atoms with E-state index in [1.807, 2.05) is 42.7 Å². The predicted molar refractivity (Wildman–Crippen MR) is 269 cm³/mol. The Morgan fingerprint density at radius 2 is 0.627 bits per heavy atom. The molecule has 8 aromatic carbocycles. The van der Waals surface area contributed by atoms with E-state index < -0.39 is 0 Å². The molecule has 0 bridgehead atoms. The summed E-state index contributed by atoms with van der Waals surface area (Å²) in [6, 6.07) is 64.6. The Morgan fingerprint density at radius 3 is 1.06 bits per heavy atom. The van der Waals surface area contributed by atoms with Crippen molar-refractivity contribution in [3.8, 4) is 40.6 Å². The summed E-state index contributed by atoms with van der Waals surface area (Å²) in [7, 11) is 0. The lowest BCUT2D eigenvalue weighted by Gasteiger charge is -2.12. The molecule has 0 aliphatic carbocycles. The van der Waals surface area contributed by atoms with Gasteiger partial charge in [0.1, 0.15) is 34.6 Å². The lowest BCUT2D eigenvalue weighted by Crippen LogP contribution is -2.00. The molecule has 14 rings (SSSR count). The maximum atomic E-state index is 6.76. The van der Waals surface area contributed by atoms with Crippen molar-refractivity contribution in [2.45, 2.75) is 0 Å². The van der Waals surface area contributed by atoms with E-state index in [0.29, 0.717) is 28.9 Å². The maximum Gasteiger partial charge on any atom is 0.234 e. The SMILES string of the molecule is c1cnc(-n2c3cc(Oc4ccc5c6ccccc6n(-c6nccc7ccccc67)c5c4)ccc3c3ccc(Oc4ccc5c6ccccc6n(-c6nccc7ccccc67)c5c4)cc32)nc1. The largest absolute Gasteiger partial charge is 0.457 e. The number of nitrogens with zero attached hydrogens (tertiary/aromatic N) is 7. The van der Waals surface area contributed by atoms with Crippen LogP contribution in [0.15, 0.2) is 213 Å². The number of pyridine rings is 2.